The molecule has 2 aromatic carbocycles. The summed E-state index contributed by atoms with van der Waals surface area (Å²) in [6, 6.07) is 9.11. The number of aliphatic hydroxyl groups excluding tert-OH is 1. The van der Waals surface area contributed by atoms with Crippen molar-refractivity contribution in [1.29, 1.82) is 0 Å². The van der Waals surface area contributed by atoms with Crippen LogP contribution in [0.2, 0.25) is 5.02 Å². The number of aliphatic hydroxyl groups is 2. The molecule has 3 atom stereocenters. The second-order valence-electron chi connectivity index (χ2n) is 10.4. The summed E-state index contributed by atoms with van der Waals surface area (Å²) in [5.41, 5.74) is -1.66. The van der Waals surface area contributed by atoms with E-state index >= 15 is 0 Å². The van der Waals surface area contributed by atoms with Crippen LogP contribution >= 0.6 is 11.6 Å². The van der Waals surface area contributed by atoms with Gasteiger partial charge in [0.2, 0.25) is 0 Å². The van der Waals surface area contributed by atoms with Gasteiger partial charge in [-0.2, -0.15) is 0 Å². The van der Waals surface area contributed by atoms with Crippen LogP contribution in [0.4, 0.5) is 18.9 Å². The van der Waals surface area contributed by atoms with Crippen LogP contribution in [0.5, 0.6) is 0 Å². The first-order valence-corrected chi connectivity index (χ1v) is 14.6. The number of benzene rings is 2. The SMILES string of the molecule is Cc1ccc(F)c(C(O)[C@]2(O)C3CCC2C[C@@H](S(=O)(=O)c2cc(C(=O)Nc4ccc(F)c(F)c4)ccc2Cl)C3)n1. The number of hydrogen-bond donors (Lipinski definition) is 3. The molecule has 2 saturated carbocycles. The molecule has 5 rings (SSSR count). The standard InChI is InChI=1S/C28H26ClF3N2O5S/c1-14-2-8-22(31)25(33-14)26(35)28(37)16-4-5-17(28)12-19(11-16)40(38,39)24-10-15(3-7-20(24)29)27(36)34-18-6-9-21(30)23(32)13-18/h2-3,6-10,13,16-17,19,26,35,37H,4-5,11-12H2,1H3,(H,34,36)/t16?,17?,19-,26?,28-. The molecule has 212 valence electrons. The van der Waals surface area contributed by atoms with E-state index in [1.807, 2.05) is 0 Å². The van der Waals surface area contributed by atoms with Crippen molar-refractivity contribution in [1.82, 2.24) is 4.98 Å². The van der Waals surface area contributed by atoms with Crippen LogP contribution in [0.15, 0.2) is 53.4 Å². The molecular weight excluding hydrogens is 569 g/mol. The summed E-state index contributed by atoms with van der Waals surface area (Å²) >= 11 is 6.27. The highest BCUT2D eigenvalue weighted by Gasteiger charge is 2.60. The first-order chi connectivity index (χ1) is 18.8. The van der Waals surface area contributed by atoms with Crippen molar-refractivity contribution in [3.8, 4) is 0 Å². The van der Waals surface area contributed by atoms with Crippen LogP contribution in [-0.2, 0) is 9.84 Å². The molecule has 2 bridgehead atoms. The predicted octanol–water partition coefficient (Wildman–Crippen LogP) is 5.14. The molecule has 40 heavy (non-hydrogen) atoms. The summed E-state index contributed by atoms with van der Waals surface area (Å²) in [4.78, 5) is 16.6. The first kappa shape index (κ1) is 28.5. The van der Waals surface area contributed by atoms with Crippen molar-refractivity contribution in [3.05, 3.63) is 88.0 Å². The lowest BCUT2D eigenvalue weighted by Gasteiger charge is -2.45. The molecule has 1 amide bonds. The number of rotatable bonds is 6. The van der Waals surface area contributed by atoms with Gasteiger partial charge < -0.3 is 15.5 Å². The number of aryl methyl sites for hydroxylation is 1. The Morgan fingerprint density at radius 2 is 1.68 bits per heavy atom. The molecule has 2 fully saturated rings. The number of aromatic nitrogens is 1. The van der Waals surface area contributed by atoms with E-state index in [1.54, 1.807) is 6.92 Å². The van der Waals surface area contributed by atoms with E-state index in [2.05, 4.69) is 10.3 Å². The third-order valence-electron chi connectivity index (χ3n) is 8.09. The van der Waals surface area contributed by atoms with Gasteiger partial charge in [0.25, 0.3) is 5.91 Å². The Hall–Kier alpha value is -2.99. The smallest absolute Gasteiger partial charge is 0.255 e. The summed E-state index contributed by atoms with van der Waals surface area (Å²) in [6.07, 6.45) is -0.798. The fourth-order valence-corrected chi connectivity index (χ4v) is 8.43. The van der Waals surface area contributed by atoms with Gasteiger partial charge in [0.1, 0.15) is 23.2 Å². The van der Waals surface area contributed by atoms with Crippen LogP contribution in [0.25, 0.3) is 0 Å². The number of carbonyl (C=O) groups is 1. The molecule has 0 spiro atoms. The zero-order valence-electron chi connectivity index (χ0n) is 21.2. The molecule has 2 aliphatic carbocycles. The summed E-state index contributed by atoms with van der Waals surface area (Å²) in [7, 11) is -4.12. The third kappa shape index (κ3) is 4.89. The first-order valence-electron chi connectivity index (χ1n) is 12.7. The maximum absolute atomic E-state index is 14.5. The zero-order chi connectivity index (χ0) is 29.0. The quantitative estimate of drug-likeness (QED) is 0.364. The maximum Gasteiger partial charge on any atom is 0.255 e. The molecular formula is C28H26ClF3N2O5S. The number of fused-ring (bicyclic) bond motifs is 2. The molecule has 3 unspecified atom stereocenters. The van der Waals surface area contributed by atoms with E-state index in [1.165, 1.54) is 24.3 Å². The van der Waals surface area contributed by atoms with E-state index in [-0.39, 0.29) is 39.7 Å². The Morgan fingerprint density at radius 3 is 2.33 bits per heavy atom. The van der Waals surface area contributed by atoms with E-state index in [0.717, 1.165) is 24.3 Å². The number of halogens is 4. The average Bonchev–Trinajstić information content (AvgIpc) is 3.07. The topological polar surface area (TPSA) is 117 Å². The van der Waals surface area contributed by atoms with Crippen molar-refractivity contribution >= 4 is 33.0 Å². The zero-order valence-corrected chi connectivity index (χ0v) is 22.8. The summed E-state index contributed by atoms with van der Waals surface area (Å²) < 4.78 is 68.8. The van der Waals surface area contributed by atoms with Gasteiger partial charge in [-0.1, -0.05) is 11.6 Å². The number of sulfone groups is 1. The summed E-state index contributed by atoms with van der Waals surface area (Å²) in [6.45, 7) is 1.63. The van der Waals surface area contributed by atoms with Crippen LogP contribution in [0, 0.1) is 36.2 Å². The number of pyridine rings is 1. The average molecular weight is 595 g/mol. The van der Waals surface area contributed by atoms with Crippen molar-refractivity contribution in [2.75, 3.05) is 5.32 Å². The number of anilines is 1. The van der Waals surface area contributed by atoms with Crippen molar-refractivity contribution in [3.63, 3.8) is 0 Å². The number of amides is 1. The number of nitrogens with one attached hydrogen (secondary N) is 1. The fourth-order valence-electron chi connectivity index (χ4n) is 6.03. The minimum atomic E-state index is -4.12. The largest absolute Gasteiger partial charge is 0.386 e. The van der Waals surface area contributed by atoms with E-state index in [9.17, 15) is 36.6 Å². The summed E-state index contributed by atoms with van der Waals surface area (Å²) in [5.74, 6) is -5.06. The minimum absolute atomic E-state index is 0.0125. The Bertz CT molecular complexity index is 1590. The second kappa shape index (κ2) is 10.4. The number of hydrogen-bond acceptors (Lipinski definition) is 6. The second-order valence-corrected chi connectivity index (χ2v) is 13.1. The summed E-state index contributed by atoms with van der Waals surface area (Å²) in [5, 5.41) is 24.0. The van der Waals surface area contributed by atoms with Crippen LogP contribution in [0.1, 0.15) is 53.5 Å². The van der Waals surface area contributed by atoms with Gasteiger partial charge in [-0.25, -0.2) is 21.6 Å². The highest BCUT2D eigenvalue weighted by Crippen LogP contribution is 2.56. The molecule has 1 aromatic heterocycles. The van der Waals surface area contributed by atoms with Gasteiger partial charge in [-0.05, 0) is 86.9 Å². The van der Waals surface area contributed by atoms with Crippen molar-refractivity contribution < 1.29 is 36.6 Å². The van der Waals surface area contributed by atoms with Gasteiger partial charge in [0, 0.05) is 23.0 Å². The van der Waals surface area contributed by atoms with Gasteiger partial charge in [0.15, 0.2) is 21.5 Å². The Labute approximate surface area is 233 Å². The van der Waals surface area contributed by atoms with Gasteiger partial charge in [0.05, 0.1) is 15.2 Å². The molecule has 1 heterocycles. The van der Waals surface area contributed by atoms with Crippen molar-refractivity contribution in [2.24, 2.45) is 11.8 Å². The molecule has 12 heteroatoms. The van der Waals surface area contributed by atoms with Gasteiger partial charge in [-0.3, -0.25) is 9.78 Å². The molecule has 3 N–H and O–H groups in total. The predicted molar refractivity (Wildman–Crippen MR) is 141 cm³/mol. The molecule has 0 radical (unpaired) electrons. The Balaban J connectivity index is 1.40. The lowest BCUT2D eigenvalue weighted by atomic mass is 9.70. The molecule has 7 nitrogen and oxygen atoms in total. The number of carbonyl (C=O) groups excluding carboxylic acids is 1. The fraction of sp³-hybridized carbons (Fsp3) is 0.357. The molecule has 3 aromatic rings. The Morgan fingerprint density at radius 1 is 1.02 bits per heavy atom. The molecule has 2 aliphatic rings. The van der Waals surface area contributed by atoms with Gasteiger partial charge >= 0.3 is 0 Å². The Kier molecular flexibility index (Phi) is 7.45. The molecule has 0 saturated heterocycles. The molecule has 0 aliphatic heterocycles. The normalized spacial score (nSPS) is 25.0. The minimum Gasteiger partial charge on any atom is -0.386 e. The van der Waals surface area contributed by atoms with Crippen LogP contribution in [-0.4, -0.2) is 40.4 Å². The van der Waals surface area contributed by atoms with E-state index in [0.29, 0.717) is 18.5 Å². The van der Waals surface area contributed by atoms with Crippen LogP contribution < -0.4 is 5.32 Å². The highest BCUT2D eigenvalue weighted by atomic mass is 35.5. The maximum atomic E-state index is 14.5. The van der Waals surface area contributed by atoms with Crippen molar-refractivity contribution in [2.45, 2.75) is 54.5 Å². The van der Waals surface area contributed by atoms with Gasteiger partial charge in [-0.15, -0.1) is 0 Å². The van der Waals surface area contributed by atoms with E-state index in [4.69, 9.17) is 11.6 Å². The van der Waals surface area contributed by atoms with Crippen LogP contribution in [0.3, 0.4) is 0 Å². The monoisotopic (exact) mass is 594 g/mol. The lowest BCUT2D eigenvalue weighted by molar-refractivity contribution is -0.146. The highest BCUT2D eigenvalue weighted by molar-refractivity contribution is 7.92. The third-order valence-corrected chi connectivity index (χ3v) is 10.7. The van der Waals surface area contributed by atoms with E-state index < -0.39 is 62.0 Å². The lowest BCUT2D eigenvalue weighted by Crippen LogP contribution is -2.52. The number of nitrogens with zero attached hydrogens (tertiary/aromatic N) is 1.